The van der Waals surface area contributed by atoms with Crippen molar-refractivity contribution in [3.05, 3.63) is 71.3 Å². The molecule has 1 atom stereocenters. The second-order valence-electron chi connectivity index (χ2n) is 6.57. The van der Waals surface area contributed by atoms with Crippen LogP contribution in [0.25, 0.3) is 10.8 Å². The standard InChI is InChI=1S/C22H21NO4/c1-13-8-9-19(14(2)10-13)23-21(25)15(3)27-22(26)18-11-16-6-4-5-7-17(16)12-20(18)24/h4-12,15,24H,1-3H3,(H,23,25). The van der Waals surface area contributed by atoms with E-state index in [0.717, 1.165) is 21.9 Å². The largest absolute Gasteiger partial charge is 0.507 e. The van der Waals surface area contributed by atoms with E-state index in [2.05, 4.69) is 5.32 Å². The van der Waals surface area contributed by atoms with Crippen LogP contribution < -0.4 is 5.32 Å². The highest BCUT2D eigenvalue weighted by atomic mass is 16.5. The zero-order chi connectivity index (χ0) is 19.6. The van der Waals surface area contributed by atoms with E-state index in [9.17, 15) is 14.7 Å². The molecule has 3 rings (SSSR count). The van der Waals surface area contributed by atoms with Crippen molar-refractivity contribution in [2.45, 2.75) is 26.9 Å². The smallest absolute Gasteiger partial charge is 0.342 e. The fourth-order valence-corrected chi connectivity index (χ4v) is 2.86. The Labute approximate surface area is 157 Å². The number of carbonyl (C=O) groups excluding carboxylic acids is 2. The van der Waals surface area contributed by atoms with E-state index in [0.29, 0.717) is 5.69 Å². The van der Waals surface area contributed by atoms with Crippen molar-refractivity contribution >= 4 is 28.3 Å². The molecule has 0 spiro atoms. The third-order valence-electron chi connectivity index (χ3n) is 4.38. The van der Waals surface area contributed by atoms with Gasteiger partial charge < -0.3 is 15.2 Å². The van der Waals surface area contributed by atoms with Gasteiger partial charge in [-0.25, -0.2) is 4.79 Å². The summed E-state index contributed by atoms with van der Waals surface area (Å²) in [5, 5.41) is 14.5. The van der Waals surface area contributed by atoms with Crippen LogP contribution in [0.5, 0.6) is 5.75 Å². The van der Waals surface area contributed by atoms with Crippen LogP contribution in [0.2, 0.25) is 0 Å². The van der Waals surface area contributed by atoms with Crippen LogP contribution in [0.1, 0.15) is 28.4 Å². The number of amides is 1. The zero-order valence-electron chi connectivity index (χ0n) is 15.4. The van der Waals surface area contributed by atoms with E-state index in [-0.39, 0.29) is 11.3 Å². The van der Waals surface area contributed by atoms with E-state index in [4.69, 9.17) is 4.74 Å². The number of anilines is 1. The molecule has 0 saturated carbocycles. The fraction of sp³-hybridized carbons (Fsp3) is 0.182. The predicted octanol–water partition coefficient (Wildman–Crippen LogP) is 4.35. The van der Waals surface area contributed by atoms with Crippen LogP contribution in [-0.2, 0) is 9.53 Å². The van der Waals surface area contributed by atoms with Crippen LogP contribution in [0.4, 0.5) is 5.69 Å². The Balaban J connectivity index is 1.73. The first kappa shape index (κ1) is 18.5. The van der Waals surface area contributed by atoms with Crippen molar-refractivity contribution in [3.63, 3.8) is 0 Å². The van der Waals surface area contributed by atoms with Gasteiger partial charge in [-0.2, -0.15) is 0 Å². The van der Waals surface area contributed by atoms with E-state index < -0.39 is 18.0 Å². The second kappa shape index (κ2) is 7.50. The average Bonchev–Trinajstić information content (AvgIpc) is 2.63. The van der Waals surface area contributed by atoms with Crippen LogP contribution in [-0.4, -0.2) is 23.1 Å². The summed E-state index contributed by atoms with van der Waals surface area (Å²) >= 11 is 0. The Kier molecular flexibility index (Phi) is 5.12. The number of carbonyl (C=O) groups is 2. The zero-order valence-corrected chi connectivity index (χ0v) is 15.4. The molecule has 2 N–H and O–H groups in total. The number of benzene rings is 3. The molecule has 0 aliphatic rings. The van der Waals surface area contributed by atoms with Gasteiger partial charge in [-0.05, 0) is 55.3 Å². The number of phenols is 1. The van der Waals surface area contributed by atoms with Crippen molar-refractivity contribution in [2.75, 3.05) is 5.32 Å². The molecule has 0 heterocycles. The number of hydrogen-bond acceptors (Lipinski definition) is 4. The first-order chi connectivity index (χ1) is 12.8. The average molecular weight is 363 g/mol. The molecule has 0 aliphatic heterocycles. The minimum absolute atomic E-state index is 0.0277. The van der Waals surface area contributed by atoms with Crippen molar-refractivity contribution in [1.82, 2.24) is 0 Å². The van der Waals surface area contributed by atoms with Gasteiger partial charge in [-0.3, -0.25) is 4.79 Å². The van der Waals surface area contributed by atoms with Crippen molar-refractivity contribution < 1.29 is 19.4 Å². The summed E-state index contributed by atoms with van der Waals surface area (Å²) in [5.74, 6) is -1.36. The van der Waals surface area contributed by atoms with Gasteiger partial charge in [0.25, 0.3) is 5.91 Å². The van der Waals surface area contributed by atoms with Gasteiger partial charge in [0.15, 0.2) is 6.10 Å². The lowest BCUT2D eigenvalue weighted by molar-refractivity contribution is -0.123. The maximum Gasteiger partial charge on any atom is 0.342 e. The molecule has 3 aromatic rings. The predicted molar refractivity (Wildman–Crippen MR) is 105 cm³/mol. The number of nitrogens with one attached hydrogen (secondary N) is 1. The highest BCUT2D eigenvalue weighted by Gasteiger charge is 2.22. The normalized spacial score (nSPS) is 11.8. The molecule has 0 fully saturated rings. The number of aromatic hydroxyl groups is 1. The van der Waals surface area contributed by atoms with E-state index >= 15 is 0 Å². The summed E-state index contributed by atoms with van der Waals surface area (Å²) in [6.07, 6.45) is -1.01. The number of aryl methyl sites for hydroxylation is 2. The Morgan fingerprint density at radius 2 is 1.67 bits per heavy atom. The molecule has 1 amide bonds. The van der Waals surface area contributed by atoms with Crippen molar-refractivity contribution in [3.8, 4) is 5.75 Å². The maximum absolute atomic E-state index is 12.4. The summed E-state index contributed by atoms with van der Waals surface area (Å²) in [7, 11) is 0. The topological polar surface area (TPSA) is 75.6 Å². The van der Waals surface area contributed by atoms with Gasteiger partial charge in [0.1, 0.15) is 11.3 Å². The lowest BCUT2D eigenvalue weighted by Gasteiger charge is -2.15. The highest BCUT2D eigenvalue weighted by Crippen LogP contribution is 2.26. The maximum atomic E-state index is 12.4. The van der Waals surface area contributed by atoms with Crippen molar-refractivity contribution in [2.24, 2.45) is 0 Å². The quantitative estimate of drug-likeness (QED) is 0.676. The summed E-state index contributed by atoms with van der Waals surface area (Å²) in [6, 6.07) is 16.1. The first-order valence-electron chi connectivity index (χ1n) is 8.66. The molecule has 0 aliphatic carbocycles. The minimum atomic E-state index is -1.01. The van der Waals surface area contributed by atoms with Gasteiger partial charge in [0, 0.05) is 5.69 Å². The fourth-order valence-electron chi connectivity index (χ4n) is 2.86. The summed E-state index contributed by atoms with van der Waals surface area (Å²) in [5.41, 5.74) is 2.72. The number of hydrogen-bond donors (Lipinski definition) is 2. The number of esters is 1. The number of phenolic OH excluding ortho intramolecular Hbond substituents is 1. The monoisotopic (exact) mass is 363 g/mol. The molecule has 5 heteroatoms. The molecule has 3 aromatic carbocycles. The van der Waals surface area contributed by atoms with Gasteiger partial charge in [0.2, 0.25) is 0 Å². The van der Waals surface area contributed by atoms with Crippen LogP contribution in [0.15, 0.2) is 54.6 Å². The van der Waals surface area contributed by atoms with Crippen molar-refractivity contribution in [1.29, 1.82) is 0 Å². The Bertz CT molecular complexity index is 1030. The van der Waals surface area contributed by atoms with Gasteiger partial charge in [-0.1, -0.05) is 42.0 Å². The number of rotatable bonds is 4. The Hall–Kier alpha value is -3.34. The van der Waals surface area contributed by atoms with Gasteiger partial charge in [-0.15, -0.1) is 0 Å². The molecule has 1 unspecified atom stereocenters. The van der Waals surface area contributed by atoms with Crippen LogP contribution in [0, 0.1) is 13.8 Å². The number of ether oxygens (including phenoxy) is 1. The minimum Gasteiger partial charge on any atom is -0.507 e. The van der Waals surface area contributed by atoms with E-state index in [1.54, 1.807) is 6.07 Å². The van der Waals surface area contributed by atoms with E-state index in [1.165, 1.54) is 13.0 Å². The molecule has 0 bridgehead atoms. The third kappa shape index (κ3) is 4.08. The third-order valence-corrected chi connectivity index (χ3v) is 4.38. The van der Waals surface area contributed by atoms with Gasteiger partial charge in [0.05, 0.1) is 0 Å². The molecule has 138 valence electrons. The molecule has 0 radical (unpaired) electrons. The van der Waals surface area contributed by atoms with E-state index in [1.807, 2.05) is 56.3 Å². The molecular formula is C22H21NO4. The Morgan fingerprint density at radius 3 is 2.33 bits per heavy atom. The lowest BCUT2D eigenvalue weighted by Crippen LogP contribution is -2.30. The summed E-state index contributed by atoms with van der Waals surface area (Å²) in [4.78, 5) is 24.8. The lowest BCUT2D eigenvalue weighted by atomic mass is 10.1. The molecular weight excluding hydrogens is 342 g/mol. The second-order valence-corrected chi connectivity index (χ2v) is 6.57. The molecule has 27 heavy (non-hydrogen) atoms. The Morgan fingerprint density at radius 1 is 1.00 bits per heavy atom. The van der Waals surface area contributed by atoms with Gasteiger partial charge >= 0.3 is 5.97 Å². The number of fused-ring (bicyclic) bond motifs is 1. The summed E-state index contributed by atoms with van der Waals surface area (Å²) in [6.45, 7) is 5.36. The molecule has 0 aromatic heterocycles. The molecule has 5 nitrogen and oxygen atoms in total. The molecule has 0 saturated heterocycles. The summed E-state index contributed by atoms with van der Waals surface area (Å²) < 4.78 is 5.25. The van der Waals surface area contributed by atoms with Crippen LogP contribution >= 0.6 is 0 Å². The first-order valence-corrected chi connectivity index (χ1v) is 8.66. The highest BCUT2D eigenvalue weighted by molar-refractivity contribution is 6.01. The SMILES string of the molecule is Cc1ccc(NC(=O)C(C)OC(=O)c2cc3ccccc3cc2O)c(C)c1. The van der Waals surface area contributed by atoms with Crippen LogP contribution in [0.3, 0.4) is 0 Å².